The fourth-order valence-electron chi connectivity index (χ4n) is 2.10. The van der Waals surface area contributed by atoms with Gasteiger partial charge in [-0.3, -0.25) is 0 Å². The lowest BCUT2D eigenvalue weighted by atomic mass is 9.93. The Morgan fingerprint density at radius 2 is 2.29 bits per heavy atom. The second-order valence-electron chi connectivity index (χ2n) is 3.86. The molecule has 1 aliphatic rings. The van der Waals surface area contributed by atoms with Gasteiger partial charge in [0.2, 0.25) is 0 Å². The fraction of sp³-hybridized carbons (Fsp3) is 0.636. The maximum Gasteiger partial charge on any atom is 0.0655 e. The molecule has 0 radical (unpaired) electrons. The number of ether oxygens (including phenoxy) is 1. The molecule has 78 valence electrons. The summed E-state index contributed by atoms with van der Waals surface area (Å²) in [6.07, 6.45) is 5.12. The molecule has 0 fully saturated rings. The van der Waals surface area contributed by atoms with Crippen LogP contribution in [0.2, 0.25) is 0 Å². The predicted octanol–water partition coefficient (Wildman–Crippen LogP) is 2.27. The highest BCUT2D eigenvalue weighted by Crippen LogP contribution is 2.32. The maximum atomic E-state index is 6.06. The van der Waals surface area contributed by atoms with Gasteiger partial charge in [-0.15, -0.1) is 11.3 Å². The van der Waals surface area contributed by atoms with E-state index < -0.39 is 0 Å². The Hall–Kier alpha value is -0.380. The van der Waals surface area contributed by atoms with E-state index in [9.17, 15) is 0 Å². The molecular formula is C11H17NOS. The van der Waals surface area contributed by atoms with Crippen LogP contribution < -0.4 is 5.73 Å². The molecule has 0 amide bonds. The van der Waals surface area contributed by atoms with Crippen LogP contribution in [0.5, 0.6) is 0 Å². The third-order valence-corrected chi connectivity index (χ3v) is 3.95. The van der Waals surface area contributed by atoms with Crippen LogP contribution in [0.25, 0.3) is 0 Å². The Balaban J connectivity index is 2.21. The third kappa shape index (κ3) is 1.85. The first kappa shape index (κ1) is 10.1. The lowest BCUT2D eigenvalue weighted by Crippen LogP contribution is -2.17. The molecule has 1 aromatic rings. The van der Waals surface area contributed by atoms with Crippen LogP contribution in [-0.2, 0) is 17.6 Å². The monoisotopic (exact) mass is 211 g/mol. The molecule has 3 heteroatoms. The van der Waals surface area contributed by atoms with E-state index in [0.717, 1.165) is 0 Å². The van der Waals surface area contributed by atoms with Crippen LogP contribution >= 0.6 is 11.3 Å². The van der Waals surface area contributed by atoms with Crippen LogP contribution in [-0.4, -0.2) is 13.7 Å². The Morgan fingerprint density at radius 3 is 3.07 bits per heavy atom. The fourth-order valence-corrected chi connectivity index (χ4v) is 3.31. The van der Waals surface area contributed by atoms with Crippen molar-refractivity contribution in [2.45, 2.75) is 31.7 Å². The lowest BCUT2D eigenvalue weighted by Gasteiger charge is -2.16. The highest BCUT2D eigenvalue weighted by atomic mass is 32.1. The van der Waals surface area contributed by atoms with Gasteiger partial charge in [-0.1, -0.05) is 0 Å². The molecule has 14 heavy (non-hydrogen) atoms. The minimum absolute atomic E-state index is 0.0677. The number of nitrogens with two attached hydrogens (primary N) is 1. The molecule has 1 heterocycles. The molecule has 1 atom stereocenters. The Kier molecular flexibility index (Phi) is 3.21. The summed E-state index contributed by atoms with van der Waals surface area (Å²) in [6, 6.07) is 0.0677. The van der Waals surface area contributed by atoms with Gasteiger partial charge in [0.15, 0.2) is 0 Å². The second kappa shape index (κ2) is 4.43. The first-order valence-electron chi connectivity index (χ1n) is 5.16. The summed E-state index contributed by atoms with van der Waals surface area (Å²) >= 11 is 1.87. The Bertz CT molecular complexity index is 308. The first-order valence-corrected chi connectivity index (χ1v) is 6.04. The molecule has 0 spiro atoms. The van der Waals surface area contributed by atoms with Crippen LogP contribution in [0.1, 0.15) is 34.9 Å². The van der Waals surface area contributed by atoms with Crippen molar-refractivity contribution in [2.24, 2.45) is 5.73 Å². The highest BCUT2D eigenvalue weighted by Gasteiger charge is 2.19. The lowest BCUT2D eigenvalue weighted by molar-refractivity contribution is 0.180. The minimum Gasteiger partial charge on any atom is -0.383 e. The van der Waals surface area contributed by atoms with Crippen molar-refractivity contribution >= 4 is 11.3 Å². The Labute approximate surface area is 89.1 Å². The summed E-state index contributed by atoms with van der Waals surface area (Å²) < 4.78 is 5.10. The number of aryl methyl sites for hydroxylation is 1. The highest BCUT2D eigenvalue weighted by molar-refractivity contribution is 7.10. The van der Waals surface area contributed by atoms with Gasteiger partial charge in [0.05, 0.1) is 12.6 Å². The van der Waals surface area contributed by atoms with Crippen molar-refractivity contribution in [3.05, 3.63) is 21.4 Å². The van der Waals surface area contributed by atoms with Crippen molar-refractivity contribution in [1.29, 1.82) is 0 Å². The van der Waals surface area contributed by atoms with Gasteiger partial charge in [0.25, 0.3) is 0 Å². The summed E-state index contributed by atoms with van der Waals surface area (Å²) in [5.41, 5.74) is 8.90. The molecular weight excluding hydrogens is 194 g/mol. The number of rotatable bonds is 3. The van der Waals surface area contributed by atoms with E-state index in [0.29, 0.717) is 6.61 Å². The van der Waals surface area contributed by atoms with E-state index in [2.05, 4.69) is 5.38 Å². The summed E-state index contributed by atoms with van der Waals surface area (Å²) in [5.74, 6) is 0. The normalized spacial score (nSPS) is 17.9. The van der Waals surface area contributed by atoms with Gasteiger partial charge in [-0.05, 0) is 42.2 Å². The number of thiophene rings is 1. The van der Waals surface area contributed by atoms with E-state index in [-0.39, 0.29) is 6.04 Å². The number of methoxy groups -OCH3 is 1. The average molecular weight is 211 g/mol. The largest absolute Gasteiger partial charge is 0.383 e. The van der Waals surface area contributed by atoms with Crippen LogP contribution in [0.4, 0.5) is 0 Å². The summed E-state index contributed by atoms with van der Waals surface area (Å²) in [5, 5.41) is 2.22. The molecule has 1 aromatic heterocycles. The van der Waals surface area contributed by atoms with Crippen LogP contribution in [0.15, 0.2) is 5.38 Å². The quantitative estimate of drug-likeness (QED) is 0.832. The van der Waals surface area contributed by atoms with Crippen molar-refractivity contribution < 1.29 is 4.74 Å². The Morgan fingerprint density at radius 1 is 1.50 bits per heavy atom. The number of hydrogen-bond donors (Lipinski definition) is 1. The average Bonchev–Trinajstić information content (AvgIpc) is 2.61. The maximum absolute atomic E-state index is 6.06. The van der Waals surface area contributed by atoms with Gasteiger partial charge in [-0.2, -0.15) is 0 Å². The van der Waals surface area contributed by atoms with Crippen molar-refractivity contribution in [3.8, 4) is 0 Å². The van der Waals surface area contributed by atoms with E-state index in [1.54, 1.807) is 12.0 Å². The van der Waals surface area contributed by atoms with Gasteiger partial charge in [0.1, 0.15) is 0 Å². The molecule has 2 rings (SSSR count). The summed E-state index contributed by atoms with van der Waals surface area (Å²) in [7, 11) is 1.71. The van der Waals surface area contributed by atoms with Gasteiger partial charge >= 0.3 is 0 Å². The van der Waals surface area contributed by atoms with Gasteiger partial charge < -0.3 is 10.5 Å². The van der Waals surface area contributed by atoms with Crippen LogP contribution in [0.3, 0.4) is 0 Å². The minimum atomic E-state index is 0.0677. The zero-order valence-electron chi connectivity index (χ0n) is 8.58. The third-order valence-electron chi connectivity index (χ3n) is 2.84. The second-order valence-corrected chi connectivity index (χ2v) is 4.83. The molecule has 0 aliphatic heterocycles. The molecule has 2 N–H and O–H groups in total. The standard InChI is InChI=1S/C11H17NOS/c1-13-6-10(12)9-7-14-11-5-3-2-4-8(9)11/h7,10H,2-6,12H2,1H3. The molecule has 0 aromatic carbocycles. The van der Waals surface area contributed by atoms with E-state index in [1.165, 1.54) is 36.8 Å². The van der Waals surface area contributed by atoms with E-state index in [1.807, 2.05) is 11.3 Å². The topological polar surface area (TPSA) is 35.2 Å². The van der Waals surface area contributed by atoms with Crippen molar-refractivity contribution in [3.63, 3.8) is 0 Å². The van der Waals surface area contributed by atoms with Gasteiger partial charge in [-0.25, -0.2) is 0 Å². The zero-order valence-corrected chi connectivity index (χ0v) is 9.40. The van der Waals surface area contributed by atoms with Crippen molar-refractivity contribution in [1.82, 2.24) is 0 Å². The van der Waals surface area contributed by atoms with Gasteiger partial charge in [0, 0.05) is 12.0 Å². The summed E-state index contributed by atoms with van der Waals surface area (Å²) in [4.78, 5) is 1.55. The number of fused-ring (bicyclic) bond motifs is 1. The smallest absolute Gasteiger partial charge is 0.0655 e. The first-order chi connectivity index (χ1) is 6.83. The van der Waals surface area contributed by atoms with E-state index in [4.69, 9.17) is 10.5 Å². The van der Waals surface area contributed by atoms with Crippen LogP contribution in [0, 0.1) is 0 Å². The molecule has 0 saturated carbocycles. The molecule has 1 aliphatic carbocycles. The van der Waals surface area contributed by atoms with E-state index >= 15 is 0 Å². The summed E-state index contributed by atoms with van der Waals surface area (Å²) in [6.45, 7) is 0.628. The molecule has 1 unspecified atom stereocenters. The molecule has 0 bridgehead atoms. The molecule has 0 saturated heterocycles. The zero-order chi connectivity index (χ0) is 9.97. The SMILES string of the molecule is COCC(N)c1csc2c1CCCC2. The molecule has 2 nitrogen and oxygen atoms in total. The van der Waals surface area contributed by atoms with Crippen molar-refractivity contribution in [2.75, 3.05) is 13.7 Å². The predicted molar refractivity (Wildman–Crippen MR) is 59.8 cm³/mol. The number of hydrogen-bond acceptors (Lipinski definition) is 3.